The van der Waals surface area contributed by atoms with Gasteiger partial charge in [0.15, 0.2) is 0 Å². The highest BCUT2D eigenvalue weighted by Gasteiger charge is 2.32. The topological polar surface area (TPSA) is 38.3 Å². The monoisotopic (exact) mass is 263 g/mol. The van der Waals surface area contributed by atoms with Crippen LogP contribution in [0, 0.1) is 0 Å². The summed E-state index contributed by atoms with van der Waals surface area (Å²) >= 11 is 1.85. The summed E-state index contributed by atoms with van der Waals surface area (Å²) in [4.78, 5) is 13.3. The van der Waals surface area contributed by atoms with Crippen LogP contribution in [0.3, 0.4) is 0 Å². The summed E-state index contributed by atoms with van der Waals surface area (Å²) in [7, 11) is 1.63. The second-order valence-electron chi connectivity index (χ2n) is 4.88. The zero-order valence-corrected chi connectivity index (χ0v) is 11.3. The van der Waals surface area contributed by atoms with Gasteiger partial charge in [0, 0.05) is 16.2 Å². The van der Waals surface area contributed by atoms with Crippen molar-refractivity contribution in [2.45, 2.75) is 41.9 Å². The molecule has 1 heterocycles. The number of methoxy groups -OCH3 is 1. The Kier molecular flexibility index (Phi) is 3.20. The smallest absolute Gasteiger partial charge is 0.252 e. The van der Waals surface area contributed by atoms with Crippen molar-refractivity contribution in [3.63, 3.8) is 0 Å². The van der Waals surface area contributed by atoms with Crippen LogP contribution < -0.4 is 10.1 Å². The molecule has 0 saturated heterocycles. The van der Waals surface area contributed by atoms with E-state index in [1.165, 1.54) is 19.3 Å². The highest BCUT2D eigenvalue weighted by Crippen LogP contribution is 2.38. The van der Waals surface area contributed by atoms with E-state index in [4.69, 9.17) is 4.74 Å². The Morgan fingerprint density at radius 3 is 3.00 bits per heavy atom. The lowest BCUT2D eigenvalue weighted by Crippen LogP contribution is -2.42. The Balaban J connectivity index is 1.96. The maximum atomic E-state index is 12.2. The molecule has 1 fully saturated rings. The van der Waals surface area contributed by atoms with Gasteiger partial charge in [0.2, 0.25) is 0 Å². The molecular weight excluding hydrogens is 246 g/mol. The lowest BCUT2D eigenvalue weighted by atomic mass is 9.94. The van der Waals surface area contributed by atoms with E-state index in [2.05, 4.69) is 5.32 Å². The fraction of sp³-hybridized carbons (Fsp3) is 0.500. The predicted octanol–water partition coefficient (Wildman–Crippen LogP) is 2.84. The highest BCUT2D eigenvalue weighted by molar-refractivity contribution is 8.00. The van der Waals surface area contributed by atoms with Gasteiger partial charge in [0.05, 0.1) is 12.7 Å². The number of amides is 1. The summed E-state index contributed by atoms with van der Waals surface area (Å²) in [5.41, 5.74) is 0.758. The van der Waals surface area contributed by atoms with Gasteiger partial charge in [-0.25, -0.2) is 0 Å². The summed E-state index contributed by atoms with van der Waals surface area (Å²) in [6.45, 7) is 0. The molecule has 1 aliphatic carbocycles. The Hall–Kier alpha value is -1.16. The van der Waals surface area contributed by atoms with Gasteiger partial charge in [-0.05, 0) is 31.0 Å². The minimum atomic E-state index is 0.0470. The Labute approximate surface area is 111 Å². The van der Waals surface area contributed by atoms with E-state index < -0.39 is 0 Å². The van der Waals surface area contributed by atoms with E-state index in [1.54, 1.807) is 7.11 Å². The van der Waals surface area contributed by atoms with Crippen molar-refractivity contribution in [3.8, 4) is 5.75 Å². The normalized spacial score (nSPS) is 26.6. The molecule has 3 rings (SSSR count). The minimum Gasteiger partial charge on any atom is -0.497 e. The molecule has 0 radical (unpaired) electrons. The first-order valence-corrected chi connectivity index (χ1v) is 7.31. The van der Waals surface area contributed by atoms with Crippen molar-refractivity contribution >= 4 is 17.7 Å². The summed E-state index contributed by atoms with van der Waals surface area (Å²) in [6, 6.07) is 6.11. The number of ether oxygens (including phenoxy) is 1. The molecule has 2 aliphatic rings. The molecule has 0 spiro atoms. The van der Waals surface area contributed by atoms with E-state index in [1.807, 2.05) is 30.0 Å². The molecule has 3 nitrogen and oxygen atoms in total. The number of benzene rings is 1. The predicted molar refractivity (Wildman–Crippen MR) is 72.4 cm³/mol. The van der Waals surface area contributed by atoms with Crippen LogP contribution in [0.1, 0.15) is 36.0 Å². The lowest BCUT2D eigenvalue weighted by molar-refractivity contribution is 0.0928. The largest absolute Gasteiger partial charge is 0.497 e. The third kappa shape index (κ3) is 2.09. The number of hydrogen-bond acceptors (Lipinski definition) is 3. The summed E-state index contributed by atoms with van der Waals surface area (Å²) < 4.78 is 5.20. The standard InChI is InChI=1S/C14H17NO2S/c1-17-9-6-7-12-10(8-9)14(16)15-11-4-2-3-5-13(11)18-12/h6-8,11,13H,2-5H2,1H3,(H,15,16). The van der Waals surface area contributed by atoms with Crippen molar-refractivity contribution < 1.29 is 9.53 Å². The number of rotatable bonds is 1. The zero-order chi connectivity index (χ0) is 12.5. The van der Waals surface area contributed by atoms with Gasteiger partial charge in [-0.3, -0.25) is 4.79 Å². The molecule has 96 valence electrons. The maximum Gasteiger partial charge on any atom is 0.252 e. The van der Waals surface area contributed by atoms with Crippen LogP contribution in [0.15, 0.2) is 23.1 Å². The molecule has 1 aliphatic heterocycles. The number of thioether (sulfide) groups is 1. The molecule has 1 N–H and O–H groups in total. The molecule has 1 aromatic rings. The summed E-state index contributed by atoms with van der Waals surface area (Å²) in [6.07, 6.45) is 4.80. The van der Waals surface area contributed by atoms with Crippen LogP contribution in [-0.2, 0) is 0 Å². The van der Waals surface area contributed by atoms with E-state index in [0.29, 0.717) is 11.3 Å². The first-order chi connectivity index (χ1) is 8.78. The SMILES string of the molecule is COc1ccc2c(c1)C(=O)NC1CCCCC1S2. The highest BCUT2D eigenvalue weighted by atomic mass is 32.2. The van der Waals surface area contributed by atoms with E-state index in [9.17, 15) is 4.79 Å². The summed E-state index contributed by atoms with van der Waals surface area (Å²) in [5.74, 6) is 0.792. The van der Waals surface area contributed by atoms with Crippen molar-refractivity contribution in [1.29, 1.82) is 0 Å². The quantitative estimate of drug-likeness (QED) is 0.846. The number of carbonyl (C=O) groups excluding carboxylic acids is 1. The average molecular weight is 263 g/mol. The van der Waals surface area contributed by atoms with Gasteiger partial charge in [-0.1, -0.05) is 12.8 Å². The first-order valence-electron chi connectivity index (χ1n) is 6.43. The van der Waals surface area contributed by atoms with Gasteiger partial charge in [0.1, 0.15) is 5.75 Å². The molecule has 18 heavy (non-hydrogen) atoms. The van der Waals surface area contributed by atoms with Crippen LogP contribution in [0.5, 0.6) is 5.75 Å². The second kappa shape index (κ2) is 4.84. The second-order valence-corrected chi connectivity index (χ2v) is 6.16. The Morgan fingerprint density at radius 2 is 2.17 bits per heavy atom. The van der Waals surface area contributed by atoms with Crippen molar-refractivity contribution in [3.05, 3.63) is 23.8 Å². The van der Waals surface area contributed by atoms with Crippen molar-refractivity contribution in [2.24, 2.45) is 0 Å². The third-order valence-corrected chi connectivity index (χ3v) is 5.21. The number of hydrogen-bond donors (Lipinski definition) is 1. The molecule has 2 atom stereocenters. The maximum absolute atomic E-state index is 12.2. The fourth-order valence-electron chi connectivity index (χ4n) is 2.73. The average Bonchev–Trinajstić information content (AvgIpc) is 2.54. The molecule has 1 amide bonds. The van der Waals surface area contributed by atoms with Gasteiger partial charge in [-0.15, -0.1) is 11.8 Å². The van der Waals surface area contributed by atoms with Crippen LogP contribution >= 0.6 is 11.8 Å². The first kappa shape index (κ1) is 11.9. The molecule has 1 aromatic carbocycles. The third-order valence-electron chi connectivity index (χ3n) is 3.73. The summed E-state index contributed by atoms with van der Waals surface area (Å²) in [5, 5.41) is 3.70. The fourth-order valence-corrected chi connectivity index (χ4v) is 4.13. The molecule has 1 saturated carbocycles. The Morgan fingerprint density at radius 1 is 1.33 bits per heavy atom. The van der Waals surface area contributed by atoms with Gasteiger partial charge in [0.25, 0.3) is 5.91 Å². The molecule has 4 heteroatoms. The molecule has 0 bridgehead atoms. The van der Waals surface area contributed by atoms with Gasteiger partial charge < -0.3 is 10.1 Å². The number of carbonyl (C=O) groups is 1. The molecule has 0 aromatic heterocycles. The Bertz CT molecular complexity index is 475. The van der Waals surface area contributed by atoms with Crippen molar-refractivity contribution in [2.75, 3.05) is 7.11 Å². The van der Waals surface area contributed by atoms with Gasteiger partial charge in [-0.2, -0.15) is 0 Å². The van der Waals surface area contributed by atoms with Crippen molar-refractivity contribution in [1.82, 2.24) is 5.32 Å². The number of nitrogens with one attached hydrogen (secondary N) is 1. The van der Waals surface area contributed by atoms with E-state index >= 15 is 0 Å². The zero-order valence-electron chi connectivity index (χ0n) is 10.4. The van der Waals surface area contributed by atoms with Crippen LogP contribution in [0.25, 0.3) is 0 Å². The van der Waals surface area contributed by atoms with Crippen LogP contribution in [-0.4, -0.2) is 24.3 Å². The van der Waals surface area contributed by atoms with E-state index in [-0.39, 0.29) is 5.91 Å². The number of fused-ring (bicyclic) bond motifs is 2. The minimum absolute atomic E-state index is 0.0470. The van der Waals surface area contributed by atoms with Crippen LogP contribution in [0.4, 0.5) is 0 Å². The molecular formula is C14H17NO2S. The van der Waals surface area contributed by atoms with E-state index in [0.717, 1.165) is 22.6 Å². The lowest BCUT2D eigenvalue weighted by Gasteiger charge is -2.29. The molecule has 2 unspecified atom stereocenters. The van der Waals surface area contributed by atoms with Gasteiger partial charge >= 0.3 is 0 Å². The van der Waals surface area contributed by atoms with Crippen LogP contribution in [0.2, 0.25) is 0 Å².